The molecular formula is C21H25F. The first-order valence-electron chi connectivity index (χ1n) is 7.65. The van der Waals surface area contributed by atoms with Crippen molar-refractivity contribution >= 4 is 0 Å². The number of benzene rings is 2. The molecule has 0 amide bonds. The fourth-order valence-corrected chi connectivity index (χ4v) is 1.88. The van der Waals surface area contributed by atoms with Crippen molar-refractivity contribution in [1.29, 1.82) is 0 Å². The molecule has 0 aromatic heterocycles. The summed E-state index contributed by atoms with van der Waals surface area (Å²) in [5, 5.41) is 0. The van der Waals surface area contributed by atoms with Gasteiger partial charge in [-0.3, -0.25) is 0 Å². The third-order valence-electron chi connectivity index (χ3n) is 3.10. The fraction of sp³-hybridized carbons (Fsp3) is 0.238. The molecule has 0 radical (unpaired) electrons. The van der Waals surface area contributed by atoms with Crippen molar-refractivity contribution in [2.45, 2.75) is 33.6 Å². The van der Waals surface area contributed by atoms with Crippen molar-refractivity contribution in [3.05, 3.63) is 95.3 Å². The van der Waals surface area contributed by atoms with Gasteiger partial charge in [0, 0.05) is 0 Å². The molecule has 0 saturated carbocycles. The quantitative estimate of drug-likeness (QED) is 0.527. The molecule has 0 spiro atoms. The lowest BCUT2D eigenvalue weighted by molar-refractivity contribution is 0.626. The van der Waals surface area contributed by atoms with Crippen molar-refractivity contribution in [2.24, 2.45) is 0 Å². The van der Waals surface area contributed by atoms with Crippen LogP contribution in [0.1, 0.15) is 30.9 Å². The standard InChI is InChI=1S/C7H7F.C7H10.C7H8/c1-6-3-2-4-7(8)5-6;2*1-7-5-3-2-4-6-7/h2-5H,1H3;3,5-6H,2,4H2,1H3;2-6H,1H3. The van der Waals surface area contributed by atoms with Crippen LogP contribution in [-0.4, -0.2) is 0 Å². The van der Waals surface area contributed by atoms with Gasteiger partial charge in [-0.05, 0) is 51.3 Å². The molecule has 0 heterocycles. The Morgan fingerprint density at radius 2 is 1.45 bits per heavy atom. The van der Waals surface area contributed by atoms with Crippen LogP contribution >= 0.6 is 0 Å². The van der Waals surface area contributed by atoms with Gasteiger partial charge in [-0.2, -0.15) is 0 Å². The number of hydrogen-bond donors (Lipinski definition) is 0. The summed E-state index contributed by atoms with van der Waals surface area (Å²) in [6.45, 7) is 6.08. The fourth-order valence-electron chi connectivity index (χ4n) is 1.88. The molecule has 1 aliphatic rings. The number of rotatable bonds is 0. The predicted octanol–water partition coefficient (Wildman–Crippen LogP) is 6.41. The Kier molecular flexibility index (Phi) is 8.59. The highest BCUT2D eigenvalue weighted by atomic mass is 19.1. The summed E-state index contributed by atoms with van der Waals surface area (Å²) in [6.07, 6.45) is 9.12. The summed E-state index contributed by atoms with van der Waals surface area (Å²) < 4.78 is 12.2. The lowest BCUT2D eigenvalue weighted by Gasteiger charge is -1.96. The van der Waals surface area contributed by atoms with Crippen LogP contribution < -0.4 is 0 Å². The maximum Gasteiger partial charge on any atom is 0.123 e. The van der Waals surface area contributed by atoms with Crippen LogP contribution in [-0.2, 0) is 0 Å². The average Bonchev–Trinajstić information content (AvgIpc) is 2.50. The molecular weight excluding hydrogens is 271 g/mol. The van der Waals surface area contributed by atoms with Crippen molar-refractivity contribution < 1.29 is 4.39 Å². The van der Waals surface area contributed by atoms with Gasteiger partial charge in [0.15, 0.2) is 0 Å². The van der Waals surface area contributed by atoms with Crippen molar-refractivity contribution in [1.82, 2.24) is 0 Å². The van der Waals surface area contributed by atoms with Gasteiger partial charge in [0.05, 0.1) is 0 Å². The number of halogens is 1. The van der Waals surface area contributed by atoms with Gasteiger partial charge in [-0.25, -0.2) is 4.39 Å². The number of allylic oxidation sites excluding steroid dienone is 4. The Bertz CT molecular complexity index is 577. The summed E-state index contributed by atoms with van der Waals surface area (Å²) in [5.41, 5.74) is 3.69. The number of hydrogen-bond acceptors (Lipinski definition) is 0. The minimum Gasteiger partial charge on any atom is -0.207 e. The van der Waals surface area contributed by atoms with Gasteiger partial charge in [0.25, 0.3) is 0 Å². The SMILES string of the molecule is CC1=CCCC=C1.Cc1cccc(F)c1.Cc1ccccc1. The molecule has 1 heteroatoms. The van der Waals surface area contributed by atoms with E-state index in [1.807, 2.05) is 31.2 Å². The van der Waals surface area contributed by atoms with Crippen LogP contribution in [0.2, 0.25) is 0 Å². The van der Waals surface area contributed by atoms with E-state index in [-0.39, 0.29) is 5.82 Å². The second-order valence-corrected chi connectivity index (χ2v) is 5.38. The van der Waals surface area contributed by atoms with E-state index in [0.717, 1.165) is 5.56 Å². The summed E-state index contributed by atoms with van der Waals surface area (Å²) in [5.74, 6) is -0.162. The average molecular weight is 296 g/mol. The van der Waals surface area contributed by atoms with E-state index < -0.39 is 0 Å². The highest BCUT2D eigenvalue weighted by Crippen LogP contribution is 2.06. The Balaban J connectivity index is 0.000000166. The predicted molar refractivity (Wildman–Crippen MR) is 94.4 cm³/mol. The van der Waals surface area contributed by atoms with Crippen molar-refractivity contribution in [2.75, 3.05) is 0 Å². The van der Waals surface area contributed by atoms with Gasteiger partial charge < -0.3 is 0 Å². The molecule has 0 aliphatic heterocycles. The minimum atomic E-state index is -0.162. The van der Waals surface area contributed by atoms with E-state index >= 15 is 0 Å². The van der Waals surface area contributed by atoms with Gasteiger partial charge in [-0.15, -0.1) is 0 Å². The molecule has 0 saturated heterocycles. The summed E-state index contributed by atoms with van der Waals surface area (Å²) in [7, 11) is 0. The van der Waals surface area contributed by atoms with Gasteiger partial charge in [0.2, 0.25) is 0 Å². The zero-order valence-corrected chi connectivity index (χ0v) is 13.7. The van der Waals surface area contributed by atoms with E-state index in [2.05, 4.69) is 44.2 Å². The normalized spacial score (nSPS) is 12.3. The van der Waals surface area contributed by atoms with Gasteiger partial charge in [0.1, 0.15) is 5.82 Å². The highest BCUT2D eigenvalue weighted by molar-refractivity contribution is 5.19. The highest BCUT2D eigenvalue weighted by Gasteiger charge is 1.86. The Morgan fingerprint density at radius 1 is 0.773 bits per heavy atom. The zero-order valence-electron chi connectivity index (χ0n) is 13.7. The van der Waals surface area contributed by atoms with E-state index in [1.165, 1.54) is 36.1 Å². The van der Waals surface area contributed by atoms with Crippen LogP contribution in [0, 0.1) is 19.7 Å². The van der Waals surface area contributed by atoms with Crippen LogP contribution in [0.15, 0.2) is 78.4 Å². The Morgan fingerprint density at radius 3 is 1.77 bits per heavy atom. The molecule has 0 atom stereocenters. The molecule has 0 unspecified atom stereocenters. The lowest BCUT2D eigenvalue weighted by Crippen LogP contribution is -1.76. The van der Waals surface area contributed by atoms with E-state index in [1.54, 1.807) is 6.07 Å². The third kappa shape index (κ3) is 8.91. The second kappa shape index (κ2) is 10.6. The first-order valence-corrected chi connectivity index (χ1v) is 7.65. The maximum absolute atomic E-state index is 12.2. The maximum atomic E-state index is 12.2. The largest absolute Gasteiger partial charge is 0.207 e. The van der Waals surface area contributed by atoms with Crippen molar-refractivity contribution in [3.8, 4) is 0 Å². The van der Waals surface area contributed by atoms with Crippen LogP contribution in [0.4, 0.5) is 4.39 Å². The van der Waals surface area contributed by atoms with Crippen molar-refractivity contribution in [3.63, 3.8) is 0 Å². The van der Waals surface area contributed by atoms with Crippen LogP contribution in [0.25, 0.3) is 0 Å². The smallest absolute Gasteiger partial charge is 0.123 e. The monoisotopic (exact) mass is 296 g/mol. The molecule has 2 aromatic rings. The minimum absolute atomic E-state index is 0.162. The molecule has 22 heavy (non-hydrogen) atoms. The molecule has 3 rings (SSSR count). The Labute approximate surface area is 134 Å². The summed E-state index contributed by atoms with van der Waals surface area (Å²) in [4.78, 5) is 0. The molecule has 1 aliphatic carbocycles. The lowest BCUT2D eigenvalue weighted by atomic mass is 10.1. The topological polar surface area (TPSA) is 0 Å². The van der Waals surface area contributed by atoms with E-state index in [4.69, 9.17) is 0 Å². The van der Waals surface area contributed by atoms with Gasteiger partial charge in [-0.1, -0.05) is 71.8 Å². The van der Waals surface area contributed by atoms with Gasteiger partial charge >= 0.3 is 0 Å². The summed E-state index contributed by atoms with van der Waals surface area (Å²) in [6, 6.07) is 16.8. The molecule has 0 bridgehead atoms. The molecule has 2 aromatic carbocycles. The molecule has 0 fully saturated rings. The van der Waals surface area contributed by atoms with E-state index in [0.29, 0.717) is 0 Å². The number of aryl methyl sites for hydroxylation is 2. The summed E-state index contributed by atoms with van der Waals surface area (Å²) >= 11 is 0. The molecule has 116 valence electrons. The Hall–Kier alpha value is -2.15. The zero-order chi connectivity index (χ0) is 16.2. The second-order valence-electron chi connectivity index (χ2n) is 5.38. The van der Waals surface area contributed by atoms with Crippen LogP contribution in [0.5, 0.6) is 0 Å². The van der Waals surface area contributed by atoms with E-state index in [9.17, 15) is 4.39 Å². The third-order valence-corrected chi connectivity index (χ3v) is 3.10. The molecule has 0 nitrogen and oxygen atoms in total. The van der Waals surface area contributed by atoms with Crippen LogP contribution in [0.3, 0.4) is 0 Å². The first-order chi connectivity index (χ1) is 10.6. The first kappa shape index (κ1) is 17.9. The molecule has 0 N–H and O–H groups in total.